The Kier molecular flexibility index (Phi) is 3.64. The van der Waals surface area contributed by atoms with E-state index in [0.29, 0.717) is 5.82 Å². The number of hydrogen-bond donors (Lipinski definition) is 0. The van der Waals surface area contributed by atoms with Gasteiger partial charge < -0.3 is 4.90 Å². The van der Waals surface area contributed by atoms with Crippen molar-refractivity contribution in [2.75, 3.05) is 29.5 Å². The van der Waals surface area contributed by atoms with Gasteiger partial charge in [0.15, 0.2) is 0 Å². The molecule has 1 aliphatic heterocycles. The maximum Gasteiger partial charge on any atom is 0.229 e. The standard InChI is InChI=1S/C9H13ClN4S/c1-7-11-8(10)13-9(12-7)14-3-2-5-15-6-4-14/h2-6H2,1H3. The summed E-state index contributed by atoms with van der Waals surface area (Å²) in [5, 5.41) is 0.286. The third kappa shape index (κ3) is 2.95. The molecule has 6 heteroatoms. The van der Waals surface area contributed by atoms with E-state index in [9.17, 15) is 0 Å². The lowest BCUT2D eigenvalue weighted by Gasteiger charge is -2.19. The van der Waals surface area contributed by atoms with Gasteiger partial charge in [0.25, 0.3) is 0 Å². The Morgan fingerprint density at radius 2 is 2.07 bits per heavy atom. The van der Waals surface area contributed by atoms with E-state index in [2.05, 4.69) is 19.9 Å². The molecule has 0 atom stereocenters. The third-order valence-electron chi connectivity index (χ3n) is 2.21. The Bertz CT molecular complexity index is 319. The van der Waals surface area contributed by atoms with Crippen molar-refractivity contribution in [1.82, 2.24) is 15.0 Å². The summed E-state index contributed by atoms with van der Waals surface area (Å²) >= 11 is 7.79. The van der Waals surface area contributed by atoms with Crippen LogP contribution in [0.1, 0.15) is 12.2 Å². The van der Waals surface area contributed by atoms with Crippen LogP contribution in [0.25, 0.3) is 0 Å². The second-order valence-corrected chi connectivity index (χ2v) is 4.97. The second-order valence-electron chi connectivity index (χ2n) is 3.40. The molecule has 4 nitrogen and oxygen atoms in total. The molecule has 0 saturated carbocycles. The van der Waals surface area contributed by atoms with Gasteiger partial charge in [-0.25, -0.2) is 4.98 Å². The average Bonchev–Trinajstić information content (AvgIpc) is 2.43. The Labute approximate surface area is 98.5 Å². The van der Waals surface area contributed by atoms with Crippen molar-refractivity contribution in [1.29, 1.82) is 0 Å². The van der Waals surface area contributed by atoms with Crippen molar-refractivity contribution in [2.24, 2.45) is 0 Å². The summed E-state index contributed by atoms with van der Waals surface area (Å²) in [6.07, 6.45) is 1.17. The fourth-order valence-electron chi connectivity index (χ4n) is 1.52. The smallest absolute Gasteiger partial charge is 0.229 e. The van der Waals surface area contributed by atoms with Gasteiger partial charge in [0.1, 0.15) is 5.82 Å². The quantitative estimate of drug-likeness (QED) is 0.753. The van der Waals surface area contributed by atoms with Crippen molar-refractivity contribution < 1.29 is 0 Å². The highest BCUT2D eigenvalue weighted by atomic mass is 35.5. The van der Waals surface area contributed by atoms with Crippen LogP contribution in [-0.4, -0.2) is 39.5 Å². The van der Waals surface area contributed by atoms with Crippen LogP contribution in [0.2, 0.25) is 5.28 Å². The highest BCUT2D eigenvalue weighted by Crippen LogP contribution is 2.16. The van der Waals surface area contributed by atoms with Gasteiger partial charge in [-0.3, -0.25) is 0 Å². The van der Waals surface area contributed by atoms with E-state index in [0.717, 1.165) is 24.8 Å². The molecule has 0 aromatic carbocycles. The summed E-state index contributed by atoms with van der Waals surface area (Å²) in [6.45, 7) is 3.83. The van der Waals surface area contributed by atoms with E-state index < -0.39 is 0 Å². The zero-order valence-electron chi connectivity index (χ0n) is 8.61. The molecule has 0 aliphatic carbocycles. The molecule has 82 valence electrons. The van der Waals surface area contributed by atoms with Crippen LogP contribution in [0.15, 0.2) is 0 Å². The predicted molar refractivity (Wildman–Crippen MR) is 63.7 cm³/mol. The SMILES string of the molecule is Cc1nc(Cl)nc(N2CCCSCC2)n1. The molecule has 1 aliphatic rings. The van der Waals surface area contributed by atoms with Gasteiger partial charge in [0, 0.05) is 18.8 Å². The molecule has 1 aromatic heterocycles. The fourth-order valence-corrected chi connectivity index (χ4v) is 2.61. The van der Waals surface area contributed by atoms with Gasteiger partial charge in [-0.05, 0) is 30.7 Å². The third-order valence-corrected chi connectivity index (χ3v) is 3.43. The normalized spacial score (nSPS) is 17.6. The molecule has 0 unspecified atom stereocenters. The summed E-state index contributed by atoms with van der Waals surface area (Å²) < 4.78 is 0. The molecule has 2 heterocycles. The largest absolute Gasteiger partial charge is 0.340 e. The van der Waals surface area contributed by atoms with E-state index in [-0.39, 0.29) is 5.28 Å². The highest BCUT2D eigenvalue weighted by molar-refractivity contribution is 7.99. The van der Waals surface area contributed by atoms with Gasteiger partial charge in [-0.2, -0.15) is 21.7 Å². The summed E-state index contributed by atoms with van der Waals surface area (Å²) in [4.78, 5) is 14.6. The van der Waals surface area contributed by atoms with Gasteiger partial charge in [-0.1, -0.05) is 0 Å². The van der Waals surface area contributed by atoms with Crippen molar-refractivity contribution >= 4 is 29.3 Å². The molecule has 1 saturated heterocycles. The molecule has 0 amide bonds. The zero-order chi connectivity index (χ0) is 10.7. The second kappa shape index (κ2) is 4.99. The Hall–Kier alpha value is -0.550. The number of thioether (sulfide) groups is 1. The number of halogens is 1. The Morgan fingerprint density at radius 1 is 1.20 bits per heavy atom. The van der Waals surface area contributed by atoms with Crippen LogP contribution >= 0.6 is 23.4 Å². The highest BCUT2D eigenvalue weighted by Gasteiger charge is 2.13. The Morgan fingerprint density at radius 3 is 2.87 bits per heavy atom. The van der Waals surface area contributed by atoms with E-state index in [4.69, 9.17) is 11.6 Å². The minimum absolute atomic E-state index is 0.286. The maximum absolute atomic E-state index is 5.82. The van der Waals surface area contributed by atoms with Crippen LogP contribution in [0, 0.1) is 6.92 Å². The van der Waals surface area contributed by atoms with E-state index in [1.807, 2.05) is 18.7 Å². The molecular weight excluding hydrogens is 232 g/mol. The van der Waals surface area contributed by atoms with Gasteiger partial charge >= 0.3 is 0 Å². The maximum atomic E-state index is 5.82. The number of hydrogen-bond acceptors (Lipinski definition) is 5. The summed E-state index contributed by atoms with van der Waals surface area (Å²) in [5.74, 6) is 3.74. The van der Waals surface area contributed by atoms with Crippen molar-refractivity contribution in [3.8, 4) is 0 Å². The Balaban J connectivity index is 2.19. The average molecular weight is 245 g/mol. The van der Waals surface area contributed by atoms with E-state index >= 15 is 0 Å². The van der Waals surface area contributed by atoms with Crippen molar-refractivity contribution in [3.05, 3.63) is 11.1 Å². The van der Waals surface area contributed by atoms with Gasteiger partial charge in [-0.15, -0.1) is 0 Å². The van der Waals surface area contributed by atoms with Crippen LogP contribution < -0.4 is 4.90 Å². The molecule has 15 heavy (non-hydrogen) atoms. The van der Waals surface area contributed by atoms with E-state index in [1.54, 1.807) is 0 Å². The summed E-state index contributed by atoms with van der Waals surface area (Å²) in [7, 11) is 0. The monoisotopic (exact) mass is 244 g/mol. The number of aryl methyl sites for hydroxylation is 1. The minimum Gasteiger partial charge on any atom is -0.340 e. The lowest BCUT2D eigenvalue weighted by atomic mass is 10.4. The number of nitrogens with zero attached hydrogens (tertiary/aromatic N) is 4. The summed E-state index contributed by atoms with van der Waals surface area (Å²) in [5.41, 5.74) is 0. The van der Waals surface area contributed by atoms with Crippen molar-refractivity contribution in [2.45, 2.75) is 13.3 Å². The van der Waals surface area contributed by atoms with Crippen LogP contribution in [-0.2, 0) is 0 Å². The first-order valence-corrected chi connectivity index (χ1v) is 6.50. The first kappa shape index (κ1) is 11.0. The molecule has 1 fully saturated rings. The molecule has 0 radical (unpaired) electrons. The number of rotatable bonds is 1. The van der Waals surface area contributed by atoms with Crippen LogP contribution in [0.3, 0.4) is 0 Å². The van der Waals surface area contributed by atoms with Gasteiger partial charge in [0.05, 0.1) is 0 Å². The molecule has 0 spiro atoms. The first-order chi connectivity index (χ1) is 7.25. The van der Waals surface area contributed by atoms with Crippen molar-refractivity contribution in [3.63, 3.8) is 0 Å². The number of aromatic nitrogens is 3. The summed E-state index contributed by atoms with van der Waals surface area (Å²) in [6, 6.07) is 0. The molecule has 0 bridgehead atoms. The van der Waals surface area contributed by atoms with E-state index in [1.165, 1.54) is 12.2 Å². The molecular formula is C9H13ClN4S. The van der Waals surface area contributed by atoms with Crippen LogP contribution in [0.4, 0.5) is 5.95 Å². The minimum atomic E-state index is 0.286. The van der Waals surface area contributed by atoms with Crippen LogP contribution in [0.5, 0.6) is 0 Å². The molecule has 1 aromatic rings. The molecule has 2 rings (SSSR count). The molecule has 0 N–H and O–H groups in total. The fraction of sp³-hybridized carbons (Fsp3) is 0.667. The van der Waals surface area contributed by atoms with Gasteiger partial charge in [0.2, 0.25) is 11.2 Å². The number of anilines is 1. The predicted octanol–water partition coefficient (Wildman–Crippen LogP) is 1.78. The first-order valence-electron chi connectivity index (χ1n) is 4.96. The topological polar surface area (TPSA) is 41.9 Å². The zero-order valence-corrected chi connectivity index (χ0v) is 10.2. The lowest BCUT2D eigenvalue weighted by Crippen LogP contribution is -2.27. The lowest BCUT2D eigenvalue weighted by molar-refractivity contribution is 0.770.